The highest BCUT2D eigenvalue weighted by atomic mass is 35.5. The Kier molecular flexibility index (Phi) is 7.15. The minimum atomic E-state index is -0.772. The van der Waals surface area contributed by atoms with Crippen LogP contribution in [-0.2, 0) is 5.60 Å². The third kappa shape index (κ3) is 4.52. The minimum Gasteiger partial charge on any atom is -0.482 e. The molecule has 0 atom stereocenters. The number of hydrogen-bond acceptors (Lipinski definition) is 4. The normalized spacial score (nSPS) is 16.9. The lowest BCUT2D eigenvalue weighted by atomic mass is 9.89. The van der Waals surface area contributed by atoms with Gasteiger partial charge < -0.3 is 4.74 Å². The highest BCUT2D eigenvalue weighted by Gasteiger charge is 2.41. The molecule has 3 heterocycles. The number of para-hydroxylation sites is 1. The van der Waals surface area contributed by atoms with Crippen molar-refractivity contribution in [2.24, 2.45) is 0 Å². The average Bonchev–Trinajstić information content (AvgIpc) is 3.00. The molecular weight excluding hydrogens is 495 g/mol. The summed E-state index contributed by atoms with van der Waals surface area (Å²) < 4.78 is 8.09. The third-order valence-corrected chi connectivity index (χ3v) is 6.75. The van der Waals surface area contributed by atoms with E-state index >= 15 is 0 Å². The first-order valence-corrected chi connectivity index (χ1v) is 12.0. The van der Waals surface area contributed by atoms with Gasteiger partial charge in [0.15, 0.2) is 5.69 Å². The number of amides is 1. The van der Waals surface area contributed by atoms with Crippen molar-refractivity contribution in [2.75, 3.05) is 13.1 Å². The molecule has 0 aliphatic carbocycles. The third-order valence-electron chi connectivity index (χ3n) is 6.21. The van der Waals surface area contributed by atoms with Crippen molar-refractivity contribution in [3.63, 3.8) is 0 Å². The van der Waals surface area contributed by atoms with E-state index in [2.05, 4.69) is 5.43 Å². The first-order chi connectivity index (χ1) is 15.8. The van der Waals surface area contributed by atoms with Crippen molar-refractivity contribution in [1.29, 1.82) is 0 Å². The molecule has 2 aromatic carbocycles. The molecule has 180 valence electrons. The number of hydrogen-bond donors (Lipinski definition) is 1. The standard InChI is InChI=1S/C25H26Cl2N4O2.ClH/c1-25(2)21-22(24(32)29-30-13-7-3-4-8-14-30)28-31(19-12-11-16(26)15-18(19)27)23(21)17-9-5-6-10-20(17)33-25;/h5-6,9-12,15H,3-4,7-8,13-14H2,1-2H3,(H,29,32);1H. The molecule has 1 N–H and O–H groups in total. The topological polar surface area (TPSA) is 59.4 Å². The maximum Gasteiger partial charge on any atom is 0.286 e. The largest absolute Gasteiger partial charge is 0.482 e. The summed E-state index contributed by atoms with van der Waals surface area (Å²) in [7, 11) is 0. The smallest absolute Gasteiger partial charge is 0.286 e. The number of rotatable bonds is 3. The first-order valence-electron chi connectivity index (χ1n) is 11.3. The Balaban J connectivity index is 0.00000274. The maximum absolute atomic E-state index is 13.5. The molecule has 0 radical (unpaired) electrons. The van der Waals surface area contributed by atoms with Crippen LogP contribution >= 0.6 is 35.6 Å². The summed E-state index contributed by atoms with van der Waals surface area (Å²) >= 11 is 12.7. The highest BCUT2D eigenvalue weighted by molar-refractivity contribution is 6.35. The van der Waals surface area contributed by atoms with E-state index in [0.29, 0.717) is 21.4 Å². The zero-order valence-corrected chi connectivity index (χ0v) is 21.4. The highest BCUT2D eigenvalue weighted by Crippen LogP contribution is 2.47. The lowest BCUT2D eigenvalue weighted by Crippen LogP contribution is -2.44. The van der Waals surface area contributed by atoms with Gasteiger partial charge in [-0.15, -0.1) is 12.4 Å². The summed E-state index contributed by atoms with van der Waals surface area (Å²) in [6, 6.07) is 13.0. The lowest BCUT2D eigenvalue weighted by Gasteiger charge is -2.33. The number of nitrogens with one attached hydrogen (secondary N) is 1. The number of ether oxygens (including phenoxy) is 1. The molecule has 34 heavy (non-hydrogen) atoms. The number of benzene rings is 2. The monoisotopic (exact) mass is 520 g/mol. The molecule has 1 fully saturated rings. The van der Waals surface area contributed by atoms with Gasteiger partial charge in [0.25, 0.3) is 5.91 Å². The summed E-state index contributed by atoms with van der Waals surface area (Å²) in [5, 5.41) is 7.79. The summed E-state index contributed by atoms with van der Waals surface area (Å²) in [5.74, 6) is 0.494. The van der Waals surface area contributed by atoms with Gasteiger partial charge in [0.2, 0.25) is 0 Å². The predicted molar refractivity (Wildman–Crippen MR) is 137 cm³/mol. The Labute approximate surface area is 215 Å². The van der Waals surface area contributed by atoms with Gasteiger partial charge in [0.05, 0.1) is 22.0 Å². The van der Waals surface area contributed by atoms with Crippen molar-refractivity contribution < 1.29 is 9.53 Å². The van der Waals surface area contributed by atoms with Crippen LogP contribution in [0.15, 0.2) is 42.5 Å². The van der Waals surface area contributed by atoms with Crippen molar-refractivity contribution in [1.82, 2.24) is 20.2 Å². The van der Waals surface area contributed by atoms with E-state index in [1.165, 1.54) is 12.8 Å². The van der Waals surface area contributed by atoms with Crippen LogP contribution in [0, 0.1) is 0 Å². The summed E-state index contributed by atoms with van der Waals surface area (Å²) in [6.07, 6.45) is 4.50. The molecule has 3 aromatic rings. The van der Waals surface area contributed by atoms with E-state index in [1.54, 1.807) is 16.8 Å². The number of halogens is 3. The molecule has 2 aliphatic rings. The summed E-state index contributed by atoms with van der Waals surface area (Å²) in [6.45, 7) is 5.58. The fourth-order valence-electron chi connectivity index (χ4n) is 4.68. The number of hydrazine groups is 1. The van der Waals surface area contributed by atoms with E-state index in [1.807, 2.05) is 49.2 Å². The van der Waals surface area contributed by atoms with Crippen LogP contribution in [0.4, 0.5) is 0 Å². The van der Waals surface area contributed by atoms with E-state index in [4.69, 9.17) is 33.0 Å². The van der Waals surface area contributed by atoms with Gasteiger partial charge in [-0.3, -0.25) is 10.2 Å². The quantitative estimate of drug-likeness (QED) is 0.432. The van der Waals surface area contributed by atoms with Gasteiger partial charge in [-0.05, 0) is 57.0 Å². The van der Waals surface area contributed by atoms with Crippen LogP contribution in [0.3, 0.4) is 0 Å². The van der Waals surface area contributed by atoms with Crippen LogP contribution in [0.25, 0.3) is 16.9 Å². The van der Waals surface area contributed by atoms with E-state index < -0.39 is 5.60 Å². The van der Waals surface area contributed by atoms with Crippen molar-refractivity contribution in [3.8, 4) is 22.7 Å². The van der Waals surface area contributed by atoms with Crippen LogP contribution in [0.1, 0.15) is 55.6 Å². The van der Waals surface area contributed by atoms with Gasteiger partial charge in [-0.25, -0.2) is 9.69 Å². The van der Waals surface area contributed by atoms with E-state index in [9.17, 15) is 4.79 Å². The summed E-state index contributed by atoms with van der Waals surface area (Å²) in [4.78, 5) is 13.5. The van der Waals surface area contributed by atoms with Gasteiger partial charge >= 0.3 is 0 Å². The minimum absolute atomic E-state index is 0. The Morgan fingerprint density at radius 3 is 2.47 bits per heavy atom. The fourth-order valence-corrected chi connectivity index (χ4v) is 5.17. The van der Waals surface area contributed by atoms with Crippen molar-refractivity contribution in [2.45, 2.75) is 45.1 Å². The SMILES string of the molecule is CC1(C)Oc2ccccc2-c2c1c(C(=O)NN1CCCCCC1)nn2-c1ccc(Cl)cc1Cl.Cl. The van der Waals surface area contributed by atoms with Gasteiger partial charge in [0, 0.05) is 23.7 Å². The van der Waals surface area contributed by atoms with Crippen LogP contribution in [0.2, 0.25) is 10.0 Å². The Hall–Kier alpha value is -2.25. The Bertz CT molecular complexity index is 1220. The van der Waals surface area contributed by atoms with Crippen LogP contribution in [-0.4, -0.2) is 33.8 Å². The molecule has 0 unspecified atom stereocenters. The molecule has 1 amide bonds. The Morgan fingerprint density at radius 1 is 1.06 bits per heavy atom. The lowest BCUT2D eigenvalue weighted by molar-refractivity contribution is 0.0760. The van der Waals surface area contributed by atoms with Crippen LogP contribution < -0.4 is 10.2 Å². The maximum atomic E-state index is 13.5. The van der Waals surface area contributed by atoms with Crippen LogP contribution in [0.5, 0.6) is 5.75 Å². The molecule has 2 aliphatic heterocycles. The summed E-state index contributed by atoms with van der Waals surface area (Å²) in [5.41, 5.74) is 5.69. The first kappa shape index (κ1) is 24.9. The zero-order chi connectivity index (χ0) is 23.2. The zero-order valence-electron chi connectivity index (χ0n) is 19.1. The van der Waals surface area contributed by atoms with E-state index in [0.717, 1.165) is 48.5 Å². The van der Waals surface area contributed by atoms with Gasteiger partial charge in [-0.1, -0.05) is 48.2 Å². The number of fused-ring (bicyclic) bond motifs is 3. The van der Waals surface area contributed by atoms with Crippen molar-refractivity contribution in [3.05, 3.63) is 63.8 Å². The number of carbonyl (C=O) groups is 1. The van der Waals surface area contributed by atoms with Crippen molar-refractivity contribution >= 4 is 41.5 Å². The molecule has 9 heteroatoms. The number of carbonyl (C=O) groups excluding carboxylic acids is 1. The van der Waals surface area contributed by atoms with Gasteiger partial charge in [-0.2, -0.15) is 5.10 Å². The Morgan fingerprint density at radius 2 is 1.76 bits per heavy atom. The number of nitrogens with zero attached hydrogens (tertiary/aromatic N) is 3. The number of aromatic nitrogens is 2. The average molecular weight is 522 g/mol. The fraction of sp³-hybridized carbons (Fsp3) is 0.360. The second-order valence-electron chi connectivity index (χ2n) is 9.03. The molecular formula is C25H27Cl3N4O2. The predicted octanol–water partition coefficient (Wildman–Crippen LogP) is 6.42. The molecule has 6 nitrogen and oxygen atoms in total. The molecule has 0 bridgehead atoms. The molecule has 1 saturated heterocycles. The second-order valence-corrected chi connectivity index (χ2v) is 9.87. The molecule has 0 spiro atoms. The second kappa shape index (κ2) is 9.78. The van der Waals surface area contributed by atoms with E-state index in [-0.39, 0.29) is 18.3 Å². The molecule has 0 saturated carbocycles. The van der Waals surface area contributed by atoms with Gasteiger partial charge in [0.1, 0.15) is 11.4 Å². The molecule has 1 aromatic heterocycles. The molecule has 5 rings (SSSR count).